The molecule has 2 amide bonds. The number of ether oxygens (including phenoxy) is 1. The molecule has 0 spiro atoms. The number of halogens is 3. The number of likely N-dealkylation sites (N-methyl/N-ethyl adjacent to an activating group) is 2. The third-order valence-corrected chi connectivity index (χ3v) is 5.79. The Hall–Kier alpha value is -2.59. The van der Waals surface area contributed by atoms with Gasteiger partial charge in [0.2, 0.25) is 0 Å². The molecule has 10 heteroatoms. The molecule has 1 fully saturated rings. The van der Waals surface area contributed by atoms with E-state index < -0.39 is 29.8 Å². The Morgan fingerprint density at radius 1 is 1.12 bits per heavy atom. The van der Waals surface area contributed by atoms with Gasteiger partial charge in [0.05, 0.1) is 23.8 Å². The number of benzene rings is 1. The maximum Gasteiger partial charge on any atom is 0.416 e. The van der Waals surface area contributed by atoms with Crippen LogP contribution in [0, 0.1) is 0 Å². The van der Waals surface area contributed by atoms with Gasteiger partial charge >= 0.3 is 18.2 Å². The second-order valence-electron chi connectivity index (χ2n) is 7.91. The van der Waals surface area contributed by atoms with E-state index in [2.05, 4.69) is 15.1 Å². The third-order valence-electron chi connectivity index (χ3n) is 5.79. The number of rotatable bonds is 6. The minimum Gasteiger partial charge on any atom is -0.463 e. The summed E-state index contributed by atoms with van der Waals surface area (Å²) in [6.07, 6.45) is -4.47. The van der Waals surface area contributed by atoms with Crippen molar-refractivity contribution in [3.05, 3.63) is 46.7 Å². The molecule has 2 aliphatic heterocycles. The molecule has 1 unspecified atom stereocenters. The second kappa shape index (κ2) is 9.91. The van der Waals surface area contributed by atoms with E-state index >= 15 is 0 Å². The van der Waals surface area contributed by atoms with E-state index in [1.165, 1.54) is 17.0 Å². The van der Waals surface area contributed by atoms with Crippen molar-refractivity contribution in [3.63, 3.8) is 0 Å². The van der Waals surface area contributed by atoms with Gasteiger partial charge in [0.25, 0.3) is 0 Å². The first-order valence-electron chi connectivity index (χ1n) is 10.7. The Labute approximate surface area is 185 Å². The van der Waals surface area contributed by atoms with Crippen molar-refractivity contribution >= 4 is 12.0 Å². The van der Waals surface area contributed by atoms with Crippen LogP contribution >= 0.6 is 0 Å². The standard InChI is InChI=1S/C22H29F3N4O3/c1-4-29-17(14-28-12-10-27(3)11-13-28)18(20(30)32-5-2)19(26-21(29)31)15-6-8-16(9-7-15)22(23,24)25/h6-9,19H,4-5,10-14H2,1-3H3,(H,26,31). The van der Waals surface area contributed by atoms with Crippen molar-refractivity contribution in [2.75, 3.05) is 52.9 Å². The number of nitrogens with zero attached hydrogens (tertiary/aromatic N) is 3. The maximum absolute atomic E-state index is 13.0. The first kappa shape index (κ1) is 24.1. The Balaban J connectivity index is 2.04. The number of hydrogen-bond donors (Lipinski definition) is 1. The summed E-state index contributed by atoms with van der Waals surface area (Å²) in [6, 6.07) is 3.21. The first-order chi connectivity index (χ1) is 15.2. The molecule has 1 atom stereocenters. The molecule has 0 bridgehead atoms. The van der Waals surface area contributed by atoms with Gasteiger partial charge < -0.3 is 15.0 Å². The smallest absolute Gasteiger partial charge is 0.416 e. The predicted octanol–water partition coefficient (Wildman–Crippen LogP) is 2.86. The lowest BCUT2D eigenvalue weighted by Gasteiger charge is -2.40. The second-order valence-corrected chi connectivity index (χ2v) is 7.91. The predicted molar refractivity (Wildman–Crippen MR) is 113 cm³/mol. The molecule has 1 saturated heterocycles. The summed E-state index contributed by atoms with van der Waals surface area (Å²) in [5, 5.41) is 2.78. The van der Waals surface area contributed by atoms with Crippen LogP contribution in [0.4, 0.5) is 18.0 Å². The van der Waals surface area contributed by atoms with Gasteiger partial charge in [-0.1, -0.05) is 12.1 Å². The largest absolute Gasteiger partial charge is 0.463 e. The summed E-state index contributed by atoms with van der Waals surface area (Å²) >= 11 is 0. The molecule has 1 aromatic carbocycles. The van der Waals surface area contributed by atoms with Gasteiger partial charge in [-0.25, -0.2) is 9.59 Å². The number of urea groups is 1. The normalized spacial score (nSPS) is 21.0. The molecular formula is C22H29F3N4O3. The van der Waals surface area contributed by atoms with E-state index in [4.69, 9.17) is 4.74 Å². The van der Waals surface area contributed by atoms with Crippen molar-refractivity contribution in [1.29, 1.82) is 0 Å². The van der Waals surface area contributed by atoms with Gasteiger partial charge in [0, 0.05) is 45.0 Å². The lowest BCUT2D eigenvalue weighted by Crippen LogP contribution is -2.52. The molecule has 0 saturated carbocycles. The fourth-order valence-corrected chi connectivity index (χ4v) is 3.99. The highest BCUT2D eigenvalue weighted by molar-refractivity contribution is 5.95. The Kier molecular flexibility index (Phi) is 7.45. The van der Waals surface area contributed by atoms with Crippen LogP contribution in [0.25, 0.3) is 0 Å². The first-order valence-corrected chi connectivity index (χ1v) is 10.7. The average Bonchev–Trinajstić information content (AvgIpc) is 2.74. The zero-order chi connectivity index (χ0) is 23.5. The topological polar surface area (TPSA) is 65.1 Å². The van der Waals surface area contributed by atoms with Crippen molar-refractivity contribution in [1.82, 2.24) is 20.0 Å². The molecule has 32 heavy (non-hydrogen) atoms. The molecule has 2 heterocycles. The summed E-state index contributed by atoms with van der Waals surface area (Å²) < 4.78 is 44.3. The zero-order valence-corrected chi connectivity index (χ0v) is 18.5. The minimum absolute atomic E-state index is 0.143. The van der Waals surface area contributed by atoms with Crippen LogP contribution < -0.4 is 5.32 Å². The summed E-state index contributed by atoms with van der Waals surface area (Å²) in [5.41, 5.74) is 0.384. The van der Waals surface area contributed by atoms with Crippen LogP contribution in [-0.2, 0) is 15.7 Å². The summed E-state index contributed by atoms with van der Waals surface area (Å²) in [7, 11) is 2.04. The number of carbonyl (C=O) groups is 2. The number of piperazine rings is 1. The van der Waals surface area contributed by atoms with Crippen molar-refractivity contribution in [2.45, 2.75) is 26.1 Å². The Morgan fingerprint density at radius 2 is 1.75 bits per heavy atom. The van der Waals surface area contributed by atoms with E-state index in [1.807, 2.05) is 14.0 Å². The number of carbonyl (C=O) groups excluding carboxylic acids is 2. The molecule has 1 N–H and O–H groups in total. The molecule has 0 aromatic heterocycles. The molecule has 3 rings (SSSR count). The number of nitrogens with one attached hydrogen (secondary N) is 1. The van der Waals surface area contributed by atoms with Gasteiger partial charge in [-0.3, -0.25) is 9.80 Å². The van der Waals surface area contributed by atoms with Crippen LogP contribution in [0.2, 0.25) is 0 Å². The van der Waals surface area contributed by atoms with E-state index in [0.717, 1.165) is 38.3 Å². The summed E-state index contributed by atoms with van der Waals surface area (Å²) in [5.74, 6) is -0.583. The van der Waals surface area contributed by atoms with Gasteiger partial charge in [0.15, 0.2) is 0 Å². The third kappa shape index (κ3) is 5.24. The molecule has 1 aromatic rings. The van der Waals surface area contributed by atoms with Crippen molar-refractivity contribution < 1.29 is 27.5 Å². The van der Waals surface area contributed by atoms with Gasteiger partial charge in [-0.05, 0) is 38.6 Å². The number of amides is 2. The average molecular weight is 454 g/mol. The van der Waals surface area contributed by atoms with Gasteiger partial charge in [-0.2, -0.15) is 13.2 Å². The van der Waals surface area contributed by atoms with Crippen LogP contribution in [0.3, 0.4) is 0 Å². The Bertz CT molecular complexity index is 862. The highest BCUT2D eigenvalue weighted by Gasteiger charge is 2.39. The lowest BCUT2D eigenvalue weighted by molar-refractivity contribution is -0.139. The maximum atomic E-state index is 13.0. The van der Waals surface area contributed by atoms with E-state index in [-0.39, 0.29) is 12.2 Å². The number of hydrogen-bond acceptors (Lipinski definition) is 5. The number of esters is 1. The molecule has 2 aliphatic rings. The van der Waals surface area contributed by atoms with Crippen molar-refractivity contribution in [2.24, 2.45) is 0 Å². The van der Waals surface area contributed by atoms with Crippen LogP contribution in [0.1, 0.15) is 31.0 Å². The van der Waals surface area contributed by atoms with E-state index in [9.17, 15) is 22.8 Å². The Morgan fingerprint density at radius 3 is 2.28 bits per heavy atom. The number of alkyl halides is 3. The van der Waals surface area contributed by atoms with Crippen LogP contribution in [-0.4, -0.2) is 79.6 Å². The highest BCUT2D eigenvalue weighted by atomic mass is 19.4. The summed E-state index contributed by atoms with van der Waals surface area (Å²) in [4.78, 5) is 31.8. The zero-order valence-electron chi connectivity index (χ0n) is 18.5. The van der Waals surface area contributed by atoms with E-state index in [1.54, 1.807) is 6.92 Å². The monoisotopic (exact) mass is 454 g/mol. The van der Waals surface area contributed by atoms with Gasteiger partial charge in [0.1, 0.15) is 0 Å². The highest BCUT2D eigenvalue weighted by Crippen LogP contribution is 2.34. The van der Waals surface area contributed by atoms with E-state index in [0.29, 0.717) is 24.4 Å². The molecule has 7 nitrogen and oxygen atoms in total. The molecular weight excluding hydrogens is 425 g/mol. The quantitative estimate of drug-likeness (QED) is 0.670. The fourth-order valence-electron chi connectivity index (χ4n) is 3.99. The molecule has 0 aliphatic carbocycles. The lowest BCUT2D eigenvalue weighted by atomic mass is 9.93. The SMILES string of the molecule is CCOC(=O)C1=C(CN2CCN(C)CC2)N(CC)C(=O)NC1c1ccc(C(F)(F)F)cc1. The molecule has 0 radical (unpaired) electrons. The fraction of sp³-hybridized carbons (Fsp3) is 0.545. The minimum atomic E-state index is -4.47. The van der Waals surface area contributed by atoms with Gasteiger partial charge in [-0.15, -0.1) is 0 Å². The van der Waals surface area contributed by atoms with Crippen molar-refractivity contribution in [3.8, 4) is 0 Å². The molecule has 176 valence electrons. The van der Waals surface area contributed by atoms with Crippen LogP contribution in [0.5, 0.6) is 0 Å². The summed E-state index contributed by atoms with van der Waals surface area (Å²) in [6.45, 7) is 7.64. The van der Waals surface area contributed by atoms with Crippen LogP contribution in [0.15, 0.2) is 35.5 Å².